The van der Waals surface area contributed by atoms with E-state index >= 15 is 0 Å². The lowest BCUT2D eigenvalue weighted by Gasteiger charge is -2.35. The van der Waals surface area contributed by atoms with Crippen molar-refractivity contribution in [2.24, 2.45) is 11.3 Å². The number of rotatable bonds is 3. The summed E-state index contributed by atoms with van der Waals surface area (Å²) in [5.74, 6) is 4.92. The number of hydrogen-bond acceptors (Lipinski definition) is 5. The van der Waals surface area contributed by atoms with Crippen LogP contribution in [0.1, 0.15) is 26.7 Å². The van der Waals surface area contributed by atoms with Gasteiger partial charge in [-0.2, -0.15) is 11.0 Å². The van der Waals surface area contributed by atoms with Crippen molar-refractivity contribution in [3.05, 3.63) is 0 Å². The SMILES string of the molecule is CCOC(=O)C1(C)CCN(ON)CC1. The molecule has 1 aliphatic heterocycles. The maximum Gasteiger partial charge on any atom is 0.311 e. The zero-order valence-corrected chi connectivity index (χ0v) is 8.78. The Hall–Kier alpha value is -0.650. The number of nitrogens with zero attached hydrogens (tertiary/aromatic N) is 1. The molecule has 0 saturated carbocycles. The van der Waals surface area contributed by atoms with Gasteiger partial charge in [0, 0.05) is 13.1 Å². The molecule has 1 heterocycles. The number of ether oxygens (including phenoxy) is 1. The molecule has 1 rings (SSSR count). The minimum absolute atomic E-state index is 0.114. The number of piperidine rings is 1. The fourth-order valence-corrected chi connectivity index (χ4v) is 1.59. The first-order valence-corrected chi connectivity index (χ1v) is 4.91. The van der Waals surface area contributed by atoms with Crippen molar-refractivity contribution in [2.45, 2.75) is 26.7 Å². The number of hydroxylamine groups is 2. The Kier molecular flexibility index (Phi) is 3.86. The van der Waals surface area contributed by atoms with E-state index in [9.17, 15) is 4.79 Å². The van der Waals surface area contributed by atoms with E-state index in [0.717, 1.165) is 12.8 Å². The summed E-state index contributed by atoms with van der Waals surface area (Å²) >= 11 is 0. The molecule has 5 nitrogen and oxygen atoms in total. The second-order valence-corrected chi connectivity index (χ2v) is 3.82. The van der Waals surface area contributed by atoms with Crippen molar-refractivity contribution in [2.75, 3.05) is 19.7 Å². The highest BCUT2D eigenvalue weighted by atomic mass is 16.8. The summed E-state index contributed by atoms with van der Waals surface area (Å²) < 4.78 is 5.02. The van der Waals surface area contributed by atoms with Gasteiger partial charge in [0.1, 0.15) is 0 Å². The van der Waals surface area contributed by atoms with E-state index in [2.05, 4.69) is 4.94 Å². The minimum Gasteiger partial charge on any atom is -0.466 e. The second-order valence-electron chi connectivity index (χ2n) is 3.82. The first-order chi connectivity index (χ1) is 6.62. The van der Waals surface area contributed by atoms with Crippen LogP contribution >= 0.6 is 0 Å². The number of carbonyl (C=O) groups excluding carboxylic acids is 1. The standard InChI is InChI=1S/C9H18N2O3/c1-3-13-8(12)9(2)4-6-11(14-10)7-5-9/h3-7,10H2,1-2H3. The molecule has 0 aromatic heterocycles. The molecule has 82 valence electrons. The lowest BCUT2D eigenvalue weighted by atomic mass is 9.81. The molecule has 1 saturated heterocycles. The van der Waals surface area contributed by atoms with Gasteiger partial charge in [0.15, 0.2) is 0 Å². The number of carbonyl (C=O) groups is 1. The van der Waals surface area contributed by atoms with E-state index in [1.165, 1.54) is 0 Å². The van der Waals surface area contributed by atoms with E-state index in [-0.39, 0.29) is 11.4 Å². The van der Waals surface area contributed by atoms with Gasteiger partial charge in [0.2, 0.25) is 0 Å². The molecule has 0 aromatic rings. The molecule has 0 aromatic carbocycles. The Balaban J connectivity index is 2.48. The van der Waals surface area contributed by atoms with Crippen LogP contribution in [0.25, 0.3) is 0 Å². The van der Waals surface area contributed by atoms with Crippen molar-refractivity contribution in [3.8, 4) is 0 Å². The number of hydrogen-bond donors (Lipinski definition) is 1. The van der Waals surface area contributed by atoms with Crippen LogP contribution in [0.15, 0.2) is 0 Å². The summed E-state index contributed by atoms with van der Waals surface area (Å²) in [6.07, 6.45) is 1.45. The number of nitrogens with two attached hydrogens (primary N) is 1. The van der Waals surface area contributed by atoms with Crippen LogP contribution in [0.4, 0.5) is 0 Å². The molecule has 2 N–H and O–H groups in total. The van der Waals surface area contributed by atoms with Crippen molar-refractivity contribution in [1.82, 2.24) is 5.06 Å². The third kappa shape index (κ3) is 2.43. The summed E-state index contributed by atoms with van der Waals surface area (Å²) in [6.45, 7) is 5.53. The maximum absolute atomic E-state index is 11.6. The molecule has 0 spiro atoms. The maximum atomic E-state index is 11.6. The molecule has 5 heteroatoms. The van der Waals surface area contributed by atoms with Gasteiger partial charge in [0.25, 0.3) is 0 Å². The van der Waals surface area contributed by atoms with Gasteiger partial charge in [-0.05, 0) is 26.7 Å². The molecule has 0 unspecified atom stereocenters. The van der Waals surface area contributed by atoms with E-state index < -0.39 is 0 Å². The zero-order chi connectivity index (χ0) is 10.6. The van der Waals surface area contributed by atoms with Crippen molar-refractivity contribution < 1.29 is 14.5 Å². The van der Waals surface area contributed by atoms with Gasteiger partial charge in [-0.1, -0.05) is 0 Å². The third-order valence-corrected chi connectivity index (χ3v) is 2.74. The first-order valence-electron chi connectivity index (χ1n) is 4.91. The molecular formula is C9H18N2O3. The summed E-state index contributed by atoms with van der Waals surface area (Å²) in [6, 6.07) is 0. The fourth-order valence-electron chi connectivity index (χ4n) is 1.59. The Morgan fingerprint density at radius 1 is 1.50 bits per heavy atom. The Morgan fingerprint density at radius 3 is 2.50 bits per heavy atom. The highest BCUT2D eigenvalue weighted by Crippen LogP contribution is 2.31. The fraction of sp³-hybridized carbons (Fsp3) is 0.889. The average molecular weight is 202 g/mol. The first kappa shape index (κ1) is 11.4. The van der Waals surface area contributed by atoms with Crippen LogP contribution in [0.5, 0.6) is 0 Å². The van der Waals surface area contributed by atoms with E-state index in [1.54, 1.807) is 5.06 Å². The van der Waals surface area contributed by atoms with Gasteiger partial charge < -0.3 is 4.74 Å². The minimum atomic E-state index is -0.370. The summed E-state index contributed by atoms with van der Waals surface area (Å²) in [4.78, 5) is 16.2. The topological polar surface area (TPSA) is 64.8 Å². The molecule has 0 aliphatic carbocycles. The van der Waals surface area contributed by atoms with Gasteiger partial charge >= 0.3 is 5.97 Å². The van der Waals surface area contributed by atoms with Gasteiger partial charge in [-0.3, -0.25) is 4.79 Å². The molecule has 14 heavy (non-hydrogen) atoms. The molecule has 0 radical (unpaired) electrons. The largest absolute Gasteiger partial charge is 0.466 e. The molecular weight excluding hydrogens is 184 g/mol. The van der Waals surface area contributed by atoms with Crippen LogP contribution in [0, 0.1) is 5.41 Å². The molecule has 0 amide bonds. The van der Waals surface area contributed by atoms with Gasteiger partial charge in [0.05, 0.1) is 12.0 Å². The highest BCUT2D eigenvalue weighted by Gasteiger charge is 2.38. The highest BCUT2D eigenvalue weighted by molar-refractivity contribution is 5.76. The van der Waals surface area contributed by atoms with Crippen molar-refractivity contribution >= 4 is 5.97 Å². The van der Waals surface area contributed by atoms with E-state index in [1.807, 2.05) is 13.8 Å². The van der Waals surface area contributed by atoms with E-state index in [4.69, 9.17) is 10.6 Å². The van der Waals surface area contributed by atoms with Gasteiger partial charge in [-0.15, -0.1) is 0 Å². The second kappa shape index (κ2) is 4.72. The molecule has 1 fully saturated rings. The number of esters is 1. The predicted octanol–water partition coefficient (Wildman–Crippen LogP) is 0.457. The smallest absolute Gasteiger partial charge is 0.311 e. The lowest BCUT2D eigenvalue weighted by Crippen LogP contribution is -2.44. The Bertz CT molecular complexity index is 200. The van der Waals surface area contributed by atoms with Gasteiger partial charge in [-0.25, -0.2) is 4.94 Å². The summed E-state index contributed by atoms with van der Waals surface area (Å²) in [7, 11) is 0. The van der Waals surface area contributed by atoms with Crippen LogP contribution in [0.3, 0.4) is 0 Å². The lowest BCUT2D eigenvalue weighted by molar-refractivity contribution is -0.194. The van der Waals surface area contributed by atoms with Crippen LogP contribution < -0.4 is 5.90 Å². The van der Waals surface area contributed by atoms with Crippen LogP contribution in [0.2, 0.25) is 0 Å². The zero-order valence-electron chi connectivity index (χ0n) is 8.78. The molecule has 0 bridgehead atoms. The van der Waals surface area contributed by atoms with Crippen LogP contribution in [-0.2, 0) is 14.5 Å². The Morgan fingerprint density at radius 2 is 2.07 bits per heavy atom. The molecule has 1 aliphatic rings. The van der Waals surface area contributed by atoms with Crippen LogP contribution in [-0.4, -0.2) is 30.7 Å². The Labute approximate surface area is 84.0 Å². The predicted molar refractivity (Wildman–Crippen MR) is 50.8 cm³/mol. The average Bonchev–Trinajstić information content (AvgIpc) is 2.19. The normalized spacial score (nSPS) is 21.9. The van der Waals surface area contributed by atoms with Crippen molar-refractivity contribution in [3.63, 3.8) is 0 Å². The van der Waals surface area contributed by atoms with E-state index in [0.29, 0.717) is 19.7 Å². The quantitative estimate of drug-likeness (QED) is 0.532. The summed E-state index contributed by atoms with van der Waals surface area (Å²) in [5, 5.41) is 1.65. The summed E-state index contributed by atoms with van der Waals surface area (Å²) in [5.41, 5.74) is -0.370. The molecule has 0 atom stereocenters. The van der Waals surface area contributed by atoms with Crippen molar-refractivity contribution in [1.29, 1.82) is 0 Å². The third-order valence-electron chi connectivity index (χ3n) is 2.74. The monoisotopic (exact) mass is 202 g/mol.